The standard InChI is InChI=1S/C27H22N3O6/c31-17-18-4-6-20(7-5-18)23-15-28-26(35-23)21-10-12-29(13-11-21)16-19-2-1-3-22(14-19)27(34)36-30-24(32)8-9-25(30)33/h1-7,10-15,31H,8-9,16-17H2/q+1. The van der Waals surface area contributed by atoms with Crippen LogP contribution in [0.2, 0.25) is 0 Å². The molecule has 1 N–H and O–H groups in total. The van der Waals surface area contributed by atoms with E-state index in [2.05, 4.69) is 4.98 Å². The average molecular weight is 484 g/mol. The second-order valence-electron chi connectivity index (χ2n) is 8.30. The van der Waals surface area contributed by atoms with Gasteiger partial charge in [-0.3, -0.25) is 9.59 Å². The third kappa shape index (κ3) is 4.91. The van der Waals surface area contributed by atoms with Crippen LogP contribution in [0.4, 0.5) is 0 Å². The molecular weight excluding hydrogens is 462 g/mol. The Morgan fingerprint density at radius 2 is 1.69 bits per heavy atom. The van der Waals surface area contributed by atoms with Gasteiger partial charge in [-0.1, -0.05) is 36.4 Å². The number of hydrogen-bond acceptors (Lipinski definition) is 7. The van der Waals surface area contributed by atoms with Crippen LogP contribution in [-0.2, 0) is 27.6 Å². The van der Waals surface area contributed by atoms with Gasteiger partial charge < -0.3 is 14.4 Å². The highest BCUT2D eigenvalue weighted by Gasteiger charge is 2.33. The highest BCUT2D eigenvalue weighted by atomic mass is 16.7. The molecule has 1 fully saturated rings. The minimum atomic E-state index is -0.758. The van der Waals surface area contributed by atoms with Crippen molar-refractivity contribution in [1.29, 1.82) is 0 Å². The van der Waals surface area contributed by atoms with Crippen molar-refractivity contribution in [3.05, 3.63) is 95.9 Å². The van der Waals surface area contributed by atoms with Crippen LogP contribution in [0.15, 0.2) is 83.7 Å². The number of rotatable bonds is 7. The zero-order valence-electron chi connectivity index (χ0n) is 19.2. The van der Waals surface area contributed by atoms with E-state index in [0.717, 1.165) is 22.3 Å². The third-order valence-corrected chi connectivity index (χ3v) is 5.77. The summed E-state index contributed by atoms with van der Waals surface area (Å²) in [6.45, 7) is 0.470. The third-order valence-electron chi connectivity index (χ3n) is 5.77. The van der Waals surface area contributed by atoms with Crippen molar-refractivity contribution in [2.45, 2.75) is 26.0 Å². The minimum Gasteiger partial charge on any atom is -0.436 e. The van der Waals surface area contributed by atoms with Crippen molar-refractivity contribution in [3.8, 4) is 22.8 Å². The van der Waals surface area contributed by atoms with Crippen molar-refractivity contribution in [2.24, 2.45) is 0 Å². The molecule has 0 atom stereocenters. The van der Waals surface area contributed by atoms with Gasteiger partial charge in [0.2, 0.25) is 5.89 Å². The van der Waals surface area contributed by atoms with Crippen LogP contribution in [0.5, 0.6) is 0 Å². The highest BCUT2D eigenvalue weighted by Crippen LogP contribution is 2.26. The van der Waals surface area contributed by atoms with Crippen LogP contribution in [0.1, 0.15) is 34.3 Å². The molecule has 9 nitrogen and oxygen atoms in total. The zero-order chi connectivity index (χ0) is 25.1. The lowest BCUT2D eigenvalue weighted by molar-refractivity contribution is -0.688. The summed E-state index contributed by atoms with van der Waals surface area (Å²) in [4.78, 5) is 45.2. The lowest BCUT2D eigenvalue weighted by Gasteiger charge is -2.12. The molecule has 1 aliphatic heterocycles. The number of aliphatic hydroxyl groups excluding tert-OH is 1. The first-order valence-corrected chi connectivity index (χ1v) is 11.3. The molecule has 9 heteroatoms. The molecule has 0 aliphatic carbocycles. The Morgan fingerprint density at radius 3 is 2.39 bits per heavy atom. The van der Waals surface area contributed by atoms with Gasteiger partial charge in [0, 0.05) is 41.7 Å². The molecule has 1 aliphatic rings. The molecule has 2 amide bonds. The fraction of sp³-hybridized carbons (Fsp3) is 0.148. The number of hydrogen-bond donors (Lipinski definition) is 1. The fourth-order valence-electron chi connectivity index (χ4n) is 3.82. The van der Waals surface area contributed by atoms with Crippen molar-refractivity contribution in [2.75, 3.05) is 0 Å². The minimum absolute atomic E-state index is 0.0129. The summed E-state index contributed by atoms with van der Waals surface area (Å²) >= 11 is 0. The predicted molar refractivity (Wildman–Crippen MR) is 126 cm³/mol. The first kappa shape index (κ1) is 23.1. The van der Waals surface area contributed by atoms with Crippen molar-refractivity contribution in [3.63, 3.8) is 0 Å². The fourth-order valence-corrected chi connectivity index (χ4v) is 3.82. The van der Waals surface area contributed by atoms with Gasteiger partial charge in [0.25, 0.3) is 11.8 Å². The molecule has 0 unspecified atom stereocenters. The van der Waals surface area contributed by atoms with Crippen LogP contribution < -0.4 is 4.57 Å². The van der Waals surface area contributed by atoms with E-state index in [1.807, 2.05) is 59.4 Å². The van der Waals surface area contributed by atoms with E-state index in [-0.39, 0.29) is 25.0 Å². The lowest BCUT2D eigenvalue weighted by Crippen LogP contribution is -2.33. The molecule has 36 heavy (non-hydrogen) atoms. The Kier molecular flexibility index (Phi) is 6.38. The van der Waals surface area contributed by atoms with Gasteiger partial charge in [-0.05, 0) is 17.7 Å². The highest BCUT2D eigenvalue weighted by molar-refractivity contribution is 6.02. The number of oxazole rings is 1. The normalized spacial score (nSPS) is 13.3. The second kappa shape index (κ2) is 9.93. The smallest absolute Gasteiger partial charge is 0.363 e. The molecule has 2 aromatic carbocycles. The summed E-state index contributed by atoms with van der Waals surface area (Å²) in [5, 5.41) is 9.73. The quantitative estimate of drug-likeness (QED) is 0.317. The molecule has 5 rings (SSSR count). The topological polar surface area (TPSA) is 114 Å². The molecule has 3 heterocycles. The maximum Gasteiger partial charge on any atom is 0.363 e. The Labute approximate surface area is 206 Å². The van der Waals surface area contributed by atoms with Gasteiger partial charge in [-0.2, -0.15) is 0 Å². The number of nitrogens with zero attached hydrogens (tertiary/aromatic N) is 3. The van der Waals surface area contributed by atoms with Crippen LogP contribution >= 0.6 is 0 Å². The van der Waals surface area contributed by atoms with E-state index in [4.69, 9.17) is 9.25 Å². The monoisotopic (exact) mass is 484 g/mol. The molecular formula is C27H22N3O6+. The summed E-state index contributed by atoms with van der Waals surface area (Å²) in [6, 6.07) is 18.0. The first-order chi connectivity index (χ1) is 17.5. The van der Waals surface area contributed by atoms with Crippen LogP contribution in [0.3, 0.4) is 0 Å². The number of aliphatic hydroxyl groups is 1. The zero-order valence-corrected chi connectivity index (χ0v) is 19.2. The van der Waals surface area contributed by atoms with Gasteiger partial charge in [-0.15, -0.1) is 5.06 Å². The van der Waals surface area contributed by atoms with E-state index in [0.29, 0.717) is 23.3 Å². The number of amides is 2. The predicted octanol–water partition coefficient (Wildman–Crippen LogP) is 3.06. The molecule has 0 bridgehead atoms. The van der Waals surface area contributed by atoms with Crippen molar-refractivity contribution >= 4 is 17.8 Å². The number of carbonyl (C=O) groups excluding carboxylic acids is 3. The molecule has 0 saturated carbocycles. The number of imide groups is 1. The summed E-state index contributed by atoms with van der Waals surface area (Å²) in [6.07, 6.45) is 5.51. The second-order valence-corrected chi connectivity index (χ2v) is 8.30. The Morgan fingerprint density at radius 1 is 0.972 bits per heavy atom. The Bertz CT molecular complexity index is 1410. The van der Waals surface area contributed by atoms with Gasteiger partial charge in [0.05, 0.1) is 18.4 Å². The number of hydroxylamine groups is 2. The van der Waals surface area contributed by atoms with E-state index in [1.165, 1.54) is 0 Å². The average Bonchev–Trinajstić information content (AvgIpc) is 3.52. The molecule has 2 aromatic heterocycles. The van der Waals surface area contributed by atoms with Gasteiger partial charge in [0.1, 0.15) is 0 Å². The summed E-state index contributed by atoms with van der Waals surface area (Å²) < 4.78 is 7.84. The number of pyridine rings is 1. The van der Waals surface area contributed by atoms with E-state index < -0.39 is 17.8 Å². The SMILES string of the molecule is O=C(ON1C(=O)CCC1=O)c1cccc(C[n+]2ccc(-c3ncc(-c4ccc(CO)cc4)o3)cc2)c1. The van der Waals surface area contributed by atoms with Crippen LogP contribution in [-0.4, -0.2) is 32.9 Å². The summed E-state index contributed by atoms with van der Waals surface area (Å²) in [5.41, 5.74) is 3.59. The molecule has 0 radical (unpaired) electrons. The number of benzene rings is 2. The first-order valence-electron chi connectivity index (χ1n) is 11.3. The van der Waals surface area contributed by atoms with Gasteiger partial charge in [0.15, 0.2) is 24.7 Å². The molecule has 1 saturated heterocycles. The maximum atomic E-state index is 12.4. The maximum absolute atomic E-state index is 12.4. The largest absolute Gasteiger partial charge is 0.436 e. The van der Waals surface area contributed by atoms with Crippen molar-refractivity contribution in [1.82, 2.24) is 10.0 Å². The number of aromatic nitrogens is 2. The van der Waals surface area contributed by atoms with Gasteiger partial charge >= 0.3 is 5.97 Å². The van der Waals surface area contributed by atoms with Crippen LogP contribution in [0, 0.1) is 0 Å². The Hall–Kier alpha value is -4.63. The van der Waals surface area contributed by atoms with E-state index >= 15 is 0 Å². The van der Waals surface area contributed by atoms with E-state index in [9.17, 15) is 19.5 Å². The molecule has 180 valence electrons. The summed E-state index contributed by atoms with van der Waals surface area (Å²) in [5.74, 6) is -0.672. The number of carbonyl (C=O) groups is 3. The molecule has 0 spiro atoms. The van der Waals surface area contributed by atoms with Crippen LogP contribution in [0.25, 0.3) is 22.8 Å². The lowest BCUT2D eigenvalue weighted by atomic mass is 10.1. The molecule has 4 aromatic rings. The Balaban J connectivity index is 1.25. The van der Waals surface area contributed by atoms with Crippen molar-refractivity contribution < 1.29 is 33.3 Å². The summed E-state index contributed by atoms with van der Waals surface area (Å²) in [7, 11) is 0. The van der Waals surface area contributed by atoms with E-state index in [1.54, 1.807) is 24.4 Å². The van der Waals surface area contributed by atoms with Gasteiger partial charge in [-0.25, -0.2) is 14.3 Å².